The number of hydrogen-bond donors (Lipinski definition) is 0. The molecule has 0 aliphatic carbocycles. The fourth-order valence-electron chi connectivity index (χ4n) is 2.53. The minimum atomic E-state index is 0.321. The van der Waals surface area contributed by atoms with E-state index in [0.29, 0.717) is 5.38 Å². The largest absolute Gasteiger partial charge is 0.337 e. The maximum Gasteiger partial charge on any atom is 0.0945 e. The van der Waals surface area contributed by atoms with Crippen molar-refractivity contribution in [1.82, 2.24) is 9.55 Å². The highest BCUT2D eigenvalue weighted by Crippen LogP contribution is 2.15. The number of imidazole rings is 1. The molecule has 0 N–H and O–H groups in total. The lowest BCUT2D eigenvalue weighted by Crippen LogP contribution is -2.04. The second-order valence-electron chi connectivity index (χ2n) is 5.80. The van der Waals surface area contributed by atoms with E-state index in [1.54, 1.807) is 0 Å². The minimum Gasteiger partial charge on any atom is -0.337 e. The molecule has 20 heavy (non-hydrogen) atoms. The van der Waals surface area contributed by atoms with Gasteiger partial charge in [-0.1, -0.05) is 64.7 Å². The number of unbranched alkanes of at least 4 members (excludes halogenated alkanes) is 8. The number of aryl methyl sites for hydroxylation is 1. The summed E-state index contributed by atoms with van der Waals surface area (Å²) >= 11 is 6.36. The normalized spacial score (nSPS) is 12.7. The van der Waals surface area contributed by atoms with Crippen molar-refractivity contribution < 1.29 is 0 Å². The Morgan fingerprint density at radius 1 is 0.950 bits per heavy atom. The van der Waals surface area contributed by atoms with Gasteiger partial charge >= 0.3 is 0 Å². The third-order valence-electron chi connectivity index (χ3n) is 3.88. The van der Waals surface area contributed by atoms with Gasteiger partial charge in [-0.2, -0.15) is 0 Å². The van der Waals surface area contributed by atoms with E-state index in [1.807, 2.05) is 18.7 Å². The number of nitrogens with zero attached hydrogens (tertiary/aromatic N) is 2. The van der Waals surface area contributed by atoms with Crippen molar-refractivity contribution in [2.24, 2.45) is 0 Å². The molecule has 0 fully saturated rings. The van der Waals surface area contributed by atoms with Crippen LogP contribution < -0.4 is 0 Å². The lowest BCUT2D eigenvalue weighted by atomic mass is 10.1. The molecule has 1 unspecified atom stereocenters. The van der Waals surface area contributed by atoms with Gasteiger partial charge in [0.05, 0.1) is 6.33 Å². The first-order chi connectivity index (χ1) is 9.83. The SMILES string of the molecule is CCCCCCCCCCCC(Cl)CCn1ccnc1. The Bertz CT molecular complexity index is 298. The summed E-state index contributed by atoms with van der Waals surface area (Å²) in [6.45, 7) is 3.26. The van der Waals surface area contributed by atoms with Crippen LogP contribution in [0, 0.1) is 0 Å². The molecule has 2 nitrogen and oxygen atoms in total. The minimum absolute atomic E-state index is 0.321. The highest BCUT2D eigenvalue weighted by atomic mass is 35.5. The smallest absolute Gasteiger partial charge is 0.0945 e. The van der Waals surface area contributed by atoms with Gasteiger partial charge in [-0.05, 0) is 12.8 Å². The van der Waals surface area contributed by atoms with Gasteiger partial charge in [0.1, 0.15) is 0 Å². The molecule has 3 heteroatoms. The molecule has 1 aromatic rings. The van der Waals surface area contributed by atoms with Crippen molar-refractivity contribution in [3.05, 3.63) is 18.7 Å². The Morgan fingerprint density at radius 2 is 1.60 bits per heavy atom. The summed E-state index contributed by atoms with van der Waals surface area (Å²) in [5.74, 6) is 0. The van der Waals surface area contributed by atoms with E-state index in [9.17, 15) is 0 Å². The Hall–Kier alpha value is -0.500. The van der Waals surface area contributed by atoms with Crippen LogP contribution in [0.3, 0.4) is 0 Å². The van der Waals surface area contributed by atoms with E-state index in [1.165, 1.54) is 57.8 Å². The van der Waals surface area contributed by atoms with Crippen molar-refractivity contribution in [3.8, 4) is 0 Å². The summed E-state index contributed by atoms with van der Waals surface area (Å²) in [5, 5.41) is 0.321. The molecule has 1 heterocycles. The van der Waals surface area contributed by atoms with Gasteiger partial charge in [-0.15, -0.1) is 11.6 Å². The molecule has 1 rings (SSSR count). The molecule has 0 saturated heterocycles. The van der Waals surface area contributed by atoms with Crippen molar-refractivity contribution in [1.29, 1.82) is 0 Å². The van der Waals surface area contributed by atoms with Crippen LogP contribution in [0.5, 0.6) is 0 Å². The molecule has 0 spiro atoms. The molecule has 0 amide bonds. The van der Waals surface area contributed by atoms with Crippen LogP contribution in [0.4, 0.5) is 0 Å². The average molecular weight is 299 g/mol. The highest BCUT2D eigenvalue weighted by Gasteiger charge is 2.04. The summed E-state index contributed by atoms with van der Waals surface area (Å²) in [6.07, 6.45) is 20.4. The van der Waals surface area contributed by atoms with Gasteiger partial charge in [-0.25, -0.2) is 4.98 Å². The van der Waals surface area contributed by atoms with Crippen molar-refractivity contribution >= 4 is 11.6 Å². The third kappa shape index (κ3) is 9.41. The van der Waals surface area contributed by atoms with E-state index in [-0.39, 0.29) is 0 Å². The quantitative estimate of drug-likeness (QED) is 0.332. The maximum atomic E-state index is 6.36. The number of rotatable bonds is 13. The van der Waals surface area contributed by atoms with E-state index in [4.69, 9.17) is 11.6 Å². The van der Waals surface area contributed by atoms with Gasteiger partial charge in [0.25, 0.3) is 0 Å². The van der Waals surface area contributed by atoms with Crippen LogP contribution in [0.1, 0.15) is 77.6 Å². The first-order valence-electron chi connectivity index (χ1n) is 8.42. The summed E-state index contributed by atoms with van der Waals surface area (Å²) < 4.78 is 2.10. The van der Waals surface area contributed by atoms with Crippen molar-refractivity contribution in [3.63, 3.8) is 0 Å². The Labute approximate surface area is 129 Å². The van der Waals surface area contributed by atoms with E-state index in [2.05, 4.69) is 16.5 Å². The average Bonchev–Trinajstić information content (AvgIpc) is 2.96. The Morgan fingerprint density at radius 3 is 2.20 bits per heavy atom. The Kier molecular flexibility index (Phi) is 10.8. The fourth-order valence-corrected chi connectivity index (χ4v) is 2.78. The zero-order valence-corrected chi connectivity index (χ0v) is 13.8. The van der Waals surface area contributed by atoms with Gasteiger partial charge in [-0.3, -0.25) is 0 Å². The number of aromatic nitrogens is 2. The number of halogens is 1. The second kappa shape index (κ2) is 12.3. The molecule has 1 aromatic heterocycles. The predicted molar refractivity (Wildman–Crippen MR) is 88.3 cm³/mol. The molecule has 0 bridgehead atoms. The second-order valence-corrected chi connectivity index (χ2v) is 6.42. The molecule has 0 aliphatic rings. The molecule has 0 saturated carbocycles. The Balaban J connectivity index is 1.83. The summed E-state index contributed by atoms with van der Waals surface area (Å²) in [4.78, 5) is 4.04. The monoisotopic (exact) mass is 298 g/mol. The lowest BCUT2D eigenvalue weighted by Gasteiger charge is -2.09. The van der Waals surface area contributed by atoms with Crippen LogP contribution in [0.15, 0.2) is 18.7 Å². The van der Waals surface area contributed by atoms with E-state index in [0.717, 1.165) is 19.4 Å². The number of hydrogen-bond acceptors (Lipinski definition) is 1. The van der Waals surface area contributed by atoms with Crippen molar-refractivity contribution in [2.75, 3.05) is 0 Å². The maximum absolute atomic E-state index is 6.36. The first kappa shape index (κ1) is 17.6. The van der Waals surface area contributed by atoms with Gasteiger partial charge in [0.15, 0.2) is 0 Å². The van der Waals surface area contributed by atoms with Crippen LogP contribution in [0.25, 0.3) is 0 Å². The molecule has 0 aliphatic heterocycles. The van der Waals surface area contributed by atoms with Gasteiger partial charge in [0, 0.05) is 24.3 Å². The van der Waals surface area contributed by atoms with E-state index < -0.39 is 0 Å². The van der Waals surface area contributed by atoms with Crippen LogP contribution in [-0.2, 0) is 6.54 Å². The van der Waals surface area contributed by atoms with E-state index >= 15 is 0 Å². The molecular formula is C17H31ClN2. The highest BCUT2D eigenvalue weighted by molar-refractivity contribution is 6.20. The van der Waals surface area contributed by atoms with Gasteiger partial charge in [0.2, 0.25) is 0 Å². The predicted octanol–water partition coefficient (Wildman–Crippen LogP) is 5.80. The lowest BCUT2D eigenvalue weighted by molar-refractivity contribution is 0.532. The third-order valence-corrected chi connectivity index (χ3v) is 4.32. The zero-order valence-electron chi connectivity index (χ0n) is 13.1. The number of alkyl halides is 1. The molecule has 1 atom stereocenters. The van der Waals surface area contributed by atoms with Crippen LogP contribution >= 0.6 is 11.6 Å². The standard InChI is InChI=1S/C17H31ClN2/c1-2-3-4-5-6-7-8-9-10-11-17(18)12-14-20-15-13-19-16-20/h13,15-17H,2-12,14H2,1H3. The topological polar surface area (TPSA) is 17.8 Å². The zero-order chi connectivity index (χ0) is 14.5. The van der Waals surface area contributed by atoms with Crippen LogP contribution in [-0.4, -0.2) is 14.9 Å². The van der Waals surface area contributed by atoms with Crippen LogP contribution in [0.2, 0.25) is 0 Å². The molecule has 116 valence electrons. The molecule has 0 aromatic carbocycles. The summed E-state index contributed by atoms with van der Waals surface area (Å²) in [7, 11) is 0. The fraction of sp³-hybridized carbons (Fsp3) is 0.824. The molecular weight excluding hydrogens is 268 g/mol. The van der Waals surface area contributed by atoms with Crippen molar-refractivity contribution in [2.45, 2.75) is 89.5 Å². The van der Waals surface area contributed by atoms with Gasteiger partial charge < -0.3 is 4.57 Å². The molecule has 0 radical (unpaired) electrons. The summed E-state index contributed by atoms with van der Waals surface area (Å²) in [5.41, 5.74) is 0. The first-order valence-corrected chi connectivity index (χ1v) is 8.86. The summed E-state index contributed by atoms with van der Waals surface area (Å²) in [6, 6.07) is 0.